The molecule has 0 amide bonds. The molecule has 1 aliphatic heterocycles. The van der Waals surface area contributed by atoms with E-state index in [9.17, 15) is 0 Å². The zero-order chi connectivity index (χ0) is 17.9. The van der Waals surface area contributed by atoms with Gasteiger partial charge in [0, 0.05) is 69.1 Å². The predicted molar refractivity (Wildman–Crippen MR) is 105 cm³/mol. The number of hydrogen-bond acceptors (Lipinski definition) is 4. The largest absolute Gasteiger partial charge is 0.374 e. The SMILES string of the molecule is CN1C[C@@H](CNCc2cn(C)nc2-c2ccncc2)Cc2ccccc21. The lowest BCUT2D eigenvalue weighted by molar-refractivity contribution is 0.460. The molecule has 0 saturated heterocycles. The van der Waals surface area contributed by atoms with Crippen molar-refractivity contribution in [3.05, 3.63) is 66.1 Å². The van der Waals surface area contributed by atoms with Gasteiger partial charge in [-0.1, -0.05) is 18.2 Å². The second kappa shape index (κ2) is 7.30. The summed E-state index contributed by atoms with van der Waals surface area (Å²) in [5, 5.41) is 8.28. The molecule has 4 rings (SSSR count). The number of aromatic nitrogens is 3. The van der Waals surface area contributed by atoms with Crippen molar-refractivity contribution in [3.63, 3.8) is 0 Å². The van der Waals surface area contributed by atoms with E-state index in [1.54, 1.807) is 0 Å². The smallest absolute Gasteiger partial charge is 0.0969 e. The minimum absolute atomic E-state index is 0.621. The van der Waals surface area contributed by atoms with Crippen LogP contribution in [0, 0.1) is 5.92 Å². The summed E-state index contributed by atoms with van der Waals surface area (Å²) >= 11 is 0. The molecule has 3 heterocycles. The fraction of sp³-hybridized carbons (Fsp3) is 0.333. The van der Waals surface area contributed by atoms with Crippen LogP contribution in [0.15, 0.2) is 55.0 Å². The van der Waals surface area contributed by atoms with Gasteiger partial charge in [0.1, 0.15) is 0 Å². The molecule has 0 bridgehead atoms. The molecule has 5 heteroatoms. The molecule has 1 N–H and O–H groups in total. The Morgan fingerprint density at radius 1 is 1.12 bits per heavy atom. The Balaban J connectivity index is 1.40. The Kier molecular flexibility index (Phi) is 4.71. The van der Waals surface area contributed by atoms with Gasteiger partial charge in [0.25, 0.3) is 0 Å². The van der Waals surface area contributed by atoms with E-state index in [-0.39, 0.29) is 0 Å². The van der Waals surface area contributed by atoms with Crippen molar-refractivity contribution >= 4 is 5.69 Å². The summed E-state index contributed by atoms with van der Waals surface area (Å²) in [5.41, 5.74) is 6.20. The summed E-state index contributed by atoms with van der Waals surface area (Å²) in [7, 11) is 4.16. The Bertz CT molecular complexity index is 871. The number of pyridine rings is 1. The molecular formula is C21H25N5. The van der Waals surface area contributed by atoms with Gasteiger partial charge in [0.05, 0.1) is 5.69 Å². The van der Waals surface area contributed by atoms with Gasteiger partial charge in [0.2, 0.25) is 0 Å². The maximum absolute atomic E-state index is 4.63. The number of hydrogen-bond donors (Lipinski definition) is 1. The number of fused-ring (bicyclic) bond motifs is 1. The van der Waals surface area contributed by atoms with Crippen molar-refractivity contribution < 1.29 is 0 Å². The zero-order valence-electron chi connectivity index (χ0n) is 15.4. The molecule has 0 radical (unpaired) electrons. The van der Waals surface area contributed by atoms with Gasteiger partial charge in [-0.2, -0.15) is 5.10 Å². The Morgan fingerprint density at radius 3 is 2.77 bits per heavy atom. The molecule has 2 aromatic heterocycles. The van der Waals surface area contributed by atoms with Crippen molar-refractivity contribution in [1.82, 2.24) is 20.1 Å². The second-order valence-electron chi connectivity index (χ2n) is 7.12. The van der Waals surface area contributed by atoms with E-state index in [2.05, 4.69) is 57.8 Å². The van der Waals surface area contributed by atoms with Gasteiger partial charge in [0.15, 0.2) is 0 Å². The summed E-state index contributed by atoms with van der Waals surface area (Å²) in [6, 6.07) is 12.8. The van der Waals surface area contributed by atoms with Crippen LogP contribution in [0.3, 0.4) is 0 Å². The van der Waals surface area contributed by atoms with E-state index >= 15 is 0 Å². The van der Waals surface area contributed by atoms with Crippen molar-refractivity contribution in [2.75, 3.05) is 25.0 Å². The van der Waals surface area contributed by atoms with Gasteiger partial charge < -0.3 is 10.2 Å². The van der Waals surface area contributed by atoms with Gasteiger partial charge >= 0.3 is 0 Å². The van der Waals surface area contributed by atoms with Gasteiger partial charge in [-0.05, 0) is 36.1 Å². The molecule has 0 unspecified atom stereocenters. The third-order valence-electron chi connectivity index (χ3n) is 5.05. The lowest BCUT2D eigenvalue weighted by atomic mass is 9.93. The maximum atomic E-state index is 4.63. The van der Waals surface area contributed by atoms with Crippen LogP contribution in [0.2, 0.25) is 0 Å². The van der Waals surface area contributed by atoms with Crippen molar-refractivity contribution in [1.29, 1.82) is 0 Å². The van der Waals surface area contributed by atoms with Crippen LogP contribution in [0.5, 0.6) is 0 Å². The summed E-state index contributed by atoms with van der Waals surface area (Å²) in [4.78, 5) is 6.47. The third-order valence-corrected chi connectivity index (χ3v) is 5.05. The van der Waals surface area contributed by atoms with Crippen LogP contribution in [0.25, 0.3) is 11.3 Å². The lowest BCUT2D eigenvalue weighted by Gasteiger charge is -2.33. The second-order valence-corrected chi connectivity index (χ2v) is 7.12. The minimum atomic E-state index is 0.621. The Morgan fingerprint density at radius 2 is 1.92 bits per heavy atom. The highest BCUT2D eigenvalue weighted by Crippen LogP contribution is 2.28. The topological polar surface area (TPSA) is 46.0 Å². The monoisotopic (exact) mass is 347 g/mol. The number of benzene rings is 1. The first-order valence-electron chi connectivity index (χ1n) is 9.13. The molecule has 1 atom stereocenters. The quantitative estimate of drug-likeness (QED) is 0.771. The first-order valence-corrected chi connectivity index (χ1v) is 9.13. The van der Waals surface area contributed by atoms with Crippen LogP contribution in [0.1, 0.15) is 11.1 Å². The molecule has 3 aromatic rings. The molecule has 5 nitrogen and oxygen atoms in total. The number of para-hydroxylation sites is 1. The summed E-state index contributed by atoms with van der Waals surface area (Å²) < 4.78 is 1.89. The van der Waals surface area contributed by atoms with Crippen LogP contribution in [-0.4, -0.2) is 34.9 Å². The van der Waals surface area contributed by atoms with Crippen LogP contribution in [0.4, 0.5) is 5.69 Å². The fourth-order valence-electron chi connectivity index (χ4n) is 3.88. The first kappa shape index (κ1) is 16.8. The summed E-state index contributed by atoms with van der Waals surface area (Å²) in [6.45, 7) is 2.92. The third kappa shape index (κ3) is 3.48. The molecule has 134 valence electrons. The van der Waals surface area contributed by atoms with Gasteiger partial charge in [-0.25, -0.2) is 0 Å². The van der Waals surface area contributed by atoms with E-state index in [0.29, 0.717) is 5.92 Å². The summed E-state index contributed by atoms with van der Waals surface area (Å²) in [6.07, 6.45) is 6.87. The molecule has 1 aromatic carbocycles. The predicted octanol–water partition coefficient (Wildman–Crippen LogP) is 2.88. The van der Waals surface area contributed by atoms with Crippen molar-refractivity contribution in [2.45, 2.75) is 13.0 Å². The molecule has 0 fully saturated rings. The summed E-state index contributed by atoms with van der Waals surface area (Å²) in [5.74, 6) is 0.621. The number of rotatable bonds is 5. The number of nitrogens with one attached hydrogen (secondary N) is 1. The minimum Gasteiger partial charge on any atom is -0.374 e. The van der Waals surface area contributed by atoms with E-state index in [1.165, 1.54) is 16.8 Å². The average Bonchev–Trinajstić information content (AvgIpc) is 3.03. The average molecular weight is 347 g/mol. The normalized spacial score (nSPS) is 16.5. The van der Waals surface area contributed by atoms with Crippen LogP contribution < -0.4 is 10.2 Å². The lowest BCUT2D eigenvalue weighted by Crippen LogP contribution is -2.37. The van der Waals surface area contributed by atoms with E-state index < -0.39 is 0 Å². The zero-order valence-corrected chi connectivity index (χ0v) is 15.4. The highest BCUT2D eigenvalue weighted by atomic mass is 15.3. The number of anilines is 1. The molecule has 0 aliphatic carbocycles. The van der Waals surface area contributed by atoms with Crippen molar-refractivity contribution in [3.8, 4) is 11.3 Å². The van der Waals surface area contributed by atoms with Crippen LogP contribution >= 0.6 is 0 Å². The van der Waals surface area contributed by atoms with E-state index in [0.717, 1.165) is 37.3 Å². The number of aryl methyl sites for hydroxylation is 1. The highest BCUT2D eigenvalue weighted by Gasteiger charge is 2.21. The Hall–Kier alpha value is -2.66. The molecule has 1 aliphatic rings. The van der Waals surface area contributed by atoms with Gasteiger partial charge in [-0.3, -0.25) is 9.67 Å². The van der Waals surface area contributed by atoms with Crippen LogP contribution in [-0.2, 0) is 20.0 Å². The molecule has 0 spiro atoms. The fourth-order valence-corrected chi connectivity index (χ4v) is 3.88. The maximum Gasteiger partial charge on any atom is 0.0969 e. The van der Waals surface area contributed by atoms with E-state index in [4.69, 9.17) is 0 Å². The van der Waals surface area contributed by atoms with Crippen molar-refractivity contribution in [2.24, 2.45) is 13.0 Å². The van der Waals surface area contributed by atoms with Gasteiger partial charge in [-0.15, -0.1) is 0 Å². The number of nitrogens with zero attached hydrogens (tertiary/aromatic N) is 4. The molecular weight excluding hydrogens is 322 g/mol. The standard InChI is InChI=1S/C21H25N5/c1-25-14-16(11-18-5-3-4-6-20(18)25)12-23-13-19-15-26(2)24-21(19)17-7-9-22-10-8-17/h3-10,15-16,23H,11-14H2,1-2H3/t16-/m1/s1. The van der Waals surface area contributed by atoms with E-state index in [1.807, 2.05) is 36.3 Å². The first-order chi connectivity index (χ1) is 12.7. The Labute approximate surface area is 154 Å². The highest BCUT2D eigenvalue weighted by molar-refractivity contribution is 5.62. The molecule has 26 heavy (non-hydrogen) atoms. The molecule has 0 saturated carbocycles.